The molecule has 24 heavy (non-hydrogen) atoms. The summed E-state index contributed by atoms with van der Waals surface area (Å²) in [6, 6.07) is 10.5. The summed E-state index contributed by atoms with van der Waals surface area (Å²) in [7, 11) is 2.13. The minimum Gasteiger partial charge on any atom is -0.318 e. The van der Waals surface area contributed by atoms with Crippen LogP contribution in [-0.2, 0) is 0 Å². The van der Waals surface area contributed by atoms with Gasteiger partial charge in [0.15, 0.2) is 5.78 Å². The molecule has 0 bridgehead atoms. The van der Waals surface area contributed by atoms with E-state index in [0.29, 0.717) is 6.54 Å². The van der Waals surface area contributed by atoms with E-state index in [1.54, 1.807) is 0 Å². The number of nitrogens with zero attached hydrogens (tertiary/aromatic N) is 3. The molecule has 1 saturated heterocycles. The molecule has 0 saturated carbocycles. The van der Waals surface area contributed by atoms with Crippen molar-refractivity contribution in [1.29, 1.82) is 0 Å². The zero-order valence-electron chi connectivity index (χ0n) is 15.2. The van der Waals surface area contributed by atoms with Crippen molar-refractivity contribution in [2.24, 2.45) is 0 Å². The first-order chi connectivity index (χ1) is 11.5. The molecule has 0 atom stereocenters. The maximum Gasteiger partial charge on any atom is 0.178 e. The molecule has 1 aromatic heterocycles. The van der Waals surface area contributed by atoms with Gasteiger partial charge in [-0.1, -0.05) is 17.7 Å². The van der Waals surface area contributed by atoms with Gasteiger partial charge in [0.1, 0.15) is 0 Å². The smallest absolute Gasteiger partial charge is 0.178 e. The Morgan fingerprint density at radius 1 is 1.00 bits per heavy atom. The Hall–Kier alpha value is -1.91. The Balaban J connectivity index is 1.80. The van der Waals surface area contributed by atoms with E-state index in [1.807, 2.05) is 13.0 Å². The third-order valence-electron chi connectivity index (χ3n) is 4.99. The summed E-state index contributed by atoms with van der Waals surface area (Å²) >= 11 is 0. The van der Waals surface area contributed by atoms with Crippen LogP contribution < -0.4 is 0 Å². The Morgan fingerprint density at radius 2 is 1.62 bits per heavy atom. The Bertz CT molecular complexity index is 722. The zero-order chi connectivity index (χ0) is 17.3. The van der Waals surface area contributed by atoms with Crippen molar-refractivity contribution in [2.45, 2.75) is 20.8 Å². The highest BCUT2D eigenvalue weighted by Gasteiger charge is 2.21. The van der Waals surface area contributed by atoms with Gasteiger partial charge < -0.3 is 9.47 Å². The van der Waals surface area contributed by atoms with Crippen molar-refractivity contribution in [3.05, 3.63) is 52.8 Å². The lowest BCUT2D eigenvalue weighted by molar-refractivity contribution is 0.0876. The molecular formula is C20H27N3O. The molecule has 0 N–H and O–H groups in total. The number of aromatic nitrogens is 1. The third-order valence-corrected chi connectivity index (χ3v) is 4.99. The van der Waals surface area contributed by atoms with E-state index in [2.05, 4.69) is 59.5 Å². The van der Waals surface area contributed by atoms with Crippen molar-refractivity contribution in [1.82, 2.24) is 14.4 Å². The minimum atomic E-state index is 0.228. The van der Waals surface area contributed by atoms with Gasteiger partial charge >= 0.3 is 0 Å². The molecular weight excluding hydrogens is 298 g/mol. The highest BCUT2D eigenvalue weighted by atomic mass is 16.1. The summed E-state index contributed by atoms with van der Waals surface area (Å²) in [5, 5.41) is 0. The summed E-state index contributed by atoms with van der Waals surface area (Å²) in [6.07, 6.45) is 0. The van der Waals surface area contributed by atoms with Gasteiger partial charge in [0.25, 0.3) is 0 Å². The van der Waals surface area contributed by atoms with Gasteiger partial charge in [0.05, 0.1) is 6.54 Å². The lowest BCUT2D eigenvalue weighted by Gasteiger charge is -2.31. The third kappa shape index (κ3) is 3.45. The van der Waals surface area contributed by atoms with E-state index in [-0.39, 0.29) is 5.78 Å². The maximum absolute atomic E-state index is 12.8. The number of likely N-dealkylation sites (N-methyl/N-ethyl adjacent to an activating group) is 1. The van der Waals surface area contributed by atoms with Crippen molar-refractivity contribution in [3.8, 4) is 5.69 Å². The van der Waals surface area contributed by atoms with Gasteiger partial charge in [-0.25, -0.2) is 0 Å². The fourth-order valence-electron chi connectivity index (χ4n) is 3.43. The van der Waals surface area contributed by atoms with Gasteiger partial charge in [-0.2, -0.15) is 0 Å². The molecule has 4 heteroatoms. The van der Waals surface area contributed by atoms with Gasteiger partial charge in [0, 0.05) is 48.8 Å². The largest absolute Gasteiger partial charge is 0.318 e. The summed E-state index contributed by atoms with van der Waals surface area (Å²) < 4.78 is 2.18. The molecule has 0 amide bonds. The van der Waals surface area contributed by atoms with Crippen LogP contribution >= 0.6 is 0 Å². The fourth-order valence-corrected chi connectivity index (χ4v) is 3.43. The van der Waals surface area contributed by atoms with Crippen LogP contribution in [0.3, 0.4) is 0 Å². The van der Waals surface area contributed by atoms with Gasteiger partial charge in [-0.15, -0.1) is 0 Å². The Morgan fingerprint density at radius 3 is 2.25 bits per heavy atom. The second-order valence-corrected chi connectivity index (χ2v) is 6.96. The standard InChI is InChI=1S/C20H27N3O/c1-15-5-7-18(8-6-15)23-16(2)13-19(17(23)3)20(24)14-22-11-9-21(4)10-12-22/h5-8,13H,9-12,14H2,1-4H3. The second-order valence-electron chi connectivity index (χ2n) is 6.96. The number of Topliss-reactive ketones (excluding diaryl/α,β-unsaturated/α-hetero) is 1. The predicted molar refractivity (Wildman–Crippen MR) is 98.2 cm³/mol. The van der Waals surface area contributed by atoms with Crippen LogP contribution in [0.4, 0.5) is 0 Å². The molecule has 128 valence electrons. The van der Waals surface area contributed by atoms with Crippen LogP contribution in [-0.4, -0.2) is 59.9 Å². The number of benzene rings is 1. The molecule has 0 spiro atoms. The van der Waals surface area contributed by atoms with E-state index in [0.717, 1.165) is 48.8 Å². The Labute approximate surface area is 144 Å². The minimum absolute atomic E-state index is 0.228. The van der Waals surface area contributed by atoms with Crippen molar-refractivity contribution < 1.29 is 4.79 Å². The van der Waals surface area contributed by atoms with Crippen LogP contribution in [0, 0.1) is 20.8 Å². The number of aryl methyl sites for hydroxylation is 2. The number of rotatable bonds is 4. The summed E-state index contributed by atoms with van der Waals surface area (Å²) in [5.74, 6) is 0.228. The van der Waals surface area contributed by atoms with Crippen molar-refractivity contribution in [2.75, 3.05) is 39.8 Å². The molecule has 2 heterocycles. The second kappa shape index (κ2) is 6.91. The Kier molecular flexibility index (Phi) is 4.88. The summed E-state index contributed by atoms with van der Waals surface area (Å²) in [5.41, 5.74) is 5.36. The highest BCUT2D eigenvalue weighted by molar-refractivity contribution is 5.99. The normalized spacial score (nSPS) is 16.5. The fraction of sp³-hybridized carbons (Fsp3) is 0.450. The quantitative estimate of drug-likeness (QED) is 0.809. The molecule has 1 aromatic carbocycles. The monoisotopic (exact) mass is 325 g/mol. The van der Waals surface area contributed by atoms with Crippen molar-refractivity contribution >= 4 is 5.78 Å². The molecule has 1 fully saturated rings. The molecule has 1 aliphatic heterocycles. The van der Waals surface area contributed by atoms with Crippen LogP contribution in [0.25, 0.3) is 5.69 Å². The predicted octanol–water partition coefficient (Wildman–Crippen LogP) is 2.83. The molecule has 4 nitrogen and oxygen atoms in total. The van der Waals surface area contributed by atoms with Gasteiger partial charge in [0.2, 0.25) is 0 Å². The van der Waals surface area contributed by atoms with E-state index in [9.17, 15) is 4.79 Å². The van der Waals surface area contributed by atoms with Crippen molar-refractivity contribution in [3.63, 3.8) is 0 Å². The maximum atomic E-state index is 12.8. The zero-order valence-corrected chi connectivity index (χ0v) is 15.2. The van der Waals surface area contributed by atoms with E-state index >= 15 is 0 Å². The average molecular weight is 325 g/mol. The lowest BCUT2D eigenvalue weighted by Crippen LogP contribution is -2.46. The van der Waals surface area contributed by atoms with Crippen LogP contribution in [0.15, 0.2) is 30.3 Å². The molecule has 0 aliphatic carbocycles. The molecule has 2 aromatic rings. The van der Waals surface area contributed by atoms with Gasteiger partial charge in [-0.3, -0.25) is 9.69 Å². The molecule has 1 aliphatic rings. The number of hydrogen-bond acceptors (Lipinski definition) is 3. The SMILES string of the molecule is Cc1ccc(-n2c(C)cc(C(=O)CN3CCN(C)CC3)c2C)cc1. The number of piperazine rings is 1. The summed E-state index contributed by atoms with van der Waals surface area (Å²) in [6.45, 7) is 10.7. The number of ketones is 1. The topological polar surface area (TPSA) is 28.5 Å². The number of hydrogen-bond donors (Lipinski definition) is 0. The lowest BCUT2D eigenvalue weighted by atomic mass is 10.1. The first-order valence-electron chi connectivity index (χ1n) is 8.66. The number of carbonyl (C=O) groups is 1. The van der Waals surface area contributed by atoms with Crippen LogP contribution in [0.2, 0.25) is 0 Å². The van der Waals surface area contributed by atoms with Crippen LogP contribution in [0.5, 0.6) is 0 Å². The average Bonchev–Trinajstić information content (AvgIpc) is 2.85. The van der Waals surface area contributed by atoms with E-state index in [4.69, 9.17) is 0 Å². The van der Waals surface area contributed by atoms with Crippen LogP contribution in [0.1, 0.15) is 27.3 Å². The highest BCUT2D eigenvalue weighted by Crippen LogP contribution is 2.22. The number of carbonyl (C=O) groups excluding carboxylic acids is 1. The first-order valence-corrected chi connectivity index (χ1v) is 8.66. The molecule has 0 radical (unpaired) electrons. The molecule has 0 unspecified atom stereocenters. The first kappa shape index (κ1) is 16.9. The molecule has 3 rings (SSSR count). The summed E-state index contributed by atoms with van der Waals surface area (Å²) in [4.78, 5) is 17.4. The van der Waals surface area contributed by atoms with E-state index < -0.39 is 0 Å². The van der Waals surface area contributed by atoms with E-state index in [1.165, 1.54) is 5.56 Å². The van der Waals surface area contributed by atoms with Gasteiger partial charge in [-0.05, 0) is 46.0 Å².